The van der Waals surface area contributed by atoms with E-state index in [0.29, 0.717) is 17.4 Å². The summed E-state index contributed by atoms with van der Waals surface area (Å²) in [7, 11) is 0. The van der Waals surface area contributed by atoms with Gasteiger partial charge in [0.2, 0.25) is 5.91 Å². The lowest BCUT2D eigenvalue weighted by molar-refractivity contribution is -0.121. The number of amides is 1. The maximum Gasteiger partial charge on any atom is 0.331 e. The fourth-order valence-electron chi connectivity index (χ4n) is 3.77. The van der Waals surface area contributed by atoms with Gasteiger partial charge in [0.15, 0.2) is 0 Å². The van der Waals surface area contributed by atoms with Crippen LogP contribution in [0.25, 0.3) is 10.9 Å². The Balaban J connectivity index is 1.81. The summed E-state index contributed by atoms with van der Waals surface area (Å²) in [6, 6.07) is 15.0. The van der Waals surface area contributed by atoms with Gasteiger partial charge in [0.1, 0.15) is 6.54 Å². The highest BCUT2D eigenvalue weighted by atomic mass is 16.2. The molecule has 164 valence electrons. The third-order valence-electron chi connectivity index (χ3n) is 5.63. The molecule has 0 unspecified atom stereocenters. The number of fused-ring (bicyclic) bond motifs is 1. The van der Waals surface area contributed by atoms with Crippen molar-refractivity contribution >= 4 is 16.8 Å². The molecular weight excluding hydrogens is 392 g/mol. The van der Waals surface area contributed by atoms with E-state index in [4.69, 9.17) is 0 Å². The van der Waals surface area contributed by atoms with Crippen molar-refractivity contribution in [3.05, 3.63) is 80.5 Å². The molecule has 3 aromatic rings. The van der Waals surface area contributed by atoms with E-state index in [0.717, 1.165) is 29.8 Å². The molecule has 0 aliphatic heterocycles. The highest BCUT2D eigenvalue weighted by Crippen LogP contribution is 2.12. The molecule has 0 aliphatic carbocycles. The van der Waals surface area contributed by atoms with Gasteiger partial charge in [-0.2, -0.15) is 0 Å². The molecule has 0 radical (unpaired) electrons. The summed E-state index contributed by atoms with van der Waals surface area (Å²) in [6.07, 6.45) is 0. The van der Waals surface area contributed by atoms with Crippen molar-refractivity contribution in [1.29, 1.82) is 0 Å². The van der Waals surface area contributed by atoms with E-state index < -0.39 is 5.69 Å². The number of nitrogens with zero attached hydrogens (tertiary/aromatic N) is 3. The zero-order chi connectivity index (χ0) is 22.4. The van der Waals surface area contributed by atoms with E-state index in [2.05, 4.69) is 30.1 Å². The number of benzene rings is 2. The Kier molecular flexibility index (Phi) is 7.41. The predicted octanol–water partition coefficient (Wildman–Crippen LogP) is 2.34. The van der Waals surface area contributed by atoms with E-state index >= 15 is 0 Å². The van der Waals surface area contributed by atoms with Crippen LogP contribution in [-0.4, -0.2) is 33.0 Å². The van der Waals surface area contributed by atoms with Gasteiger partial charge in [-0.15, -0.1) is 0 Å². The van der Waals surface area contributed by atoms with Crippen molar-refractivity contribution in [2.75, 3.05) is 13.1 Å². The molecule has 31 heavy (non-hydrogen) atoms. The minimum absolute atomic E-state index is 0.141. The second-order valence-corrected chi connectivity index (χ2v) is 7.44. The van der Waals surface area contributed by atoms with Crippen LogP contribution in [0.5, 0.6) is 0 Å². The lowest BCUT2D eigenvalue weighted by Crippen LogP contribution is -2.42. The van der Waals surface area contributed by atoms with Crippen LogP contribution in [0, 0.1) is 0 Å². The Labute approximate surface area is 181 Å². The standard InChI is InChI=1S/C24H30N4O3/c1-4-26(5-2)16-19-12-8-7-11-18(19)15-25-22(29)17-28-21-14-10-9-13-20(21)23(30)27(6-3)24(28)31/h7-14H,4-6,15-17H2,1-3H3,(H,25,29). The Morgan fingerprint density at radius 2 is 1.55 bits per heavy atom. The highest BCUT2D eigenvalue weighted by molar-refractivity contribution is 5.81. The average Bonchev–Trinajstić information content (AvgIpc) is 2.79. The number of rotatable bonds is 9. The van der Waals surface area contributed by atoms with E-state index in [-0.39, 0.29) is 24.6 Å². The molecule has 0 saturated carbocycles. The minimum atomic E-state index is -0.469. The van der Waals surface area contributed by atoms with Gasteiger partial charge in [-0.3, -0.25) is 23.6 Å². The molecule has 7 nitrogen and oxygen atoms in total. The molecule has 0 saturated heterocycles. The van der Waals surface area contributed by atoms with Crippen LogP contribution in [0.15, 0.2) is 58.1 Å². The summed E-state index contributed by atoms with van der Waals surface area (Å²) in [6.45, 7) is 9.24. The van der Waals surface area contributed by atoms with Crippen molar-refractivity contribution in [3.8, 4) is 0 Å². The smallest absolute Gasteiger partial charge is 0.331 e. The Morgan fingerprint density at radius 3 is 2.23 bits per heavy atom. The van der Waals surface area contributed by atoms with Crippen molar-refractivity contribution in [1.82, 2.24) is 19.4 Å². The fourth-order valence-corrected chi connectivity index (χ4v) is 3.77. The Bertz CT molecular complexity index is 1180. The fraction of sp³-hybridized carbons (Fsp3) is 0.375. The zero-order valence-corrected chi connectivity index (χ0v) is 18.4. The number of hydrogen-bond acceptors (Lipinski definition) is 4. The molecule has 0 fully saturated rings. The van der Waals surface area contributed by atoms with Gasteiger partial charge in [-0.1, -0.05) is 50.2 Å². The summed E-state index contributed by atoms with van der Waals surface area (Å²) in [5.41, 5.74) is 1.90. The van der Waals surface area contributed by atoms with Crippen LogP contribution in [0.3, 0.4) is 0 Å². The average molecular weight is 423 g/mol. The quantitative estimate of drug-likeness (QED) is 0.574. The van der Waals surface area contributed by atoms with Gasteiger partial charge in [-0.25, -0.2) is 4.79 Å². The molecular formula is C24H30N4O3. The second-order valence-electron chi connectivity index (χ2n) is 7.44. The van der Waals surface area contributed by atoms with Crippen molar-refractivity contribution in [3.63, 3.8) is 0 Å². The SMILES string of the molecule is CCN(CC)Cc1ccccc1CNC(=O)Cn1c(=O)n(CC)c(=O)c2ccccc21. The molecule has 1 aromatic heterocycles. The van der Waals surface area contributed by atoms with Crippen LogP contribution in [0.1, 0.15) is 31.9 Å². The van der Waals surface area contributed by atoms with Gasteiger partial charge < -0.3 is 5.32 Å². The van der Waals surface area contributed by atoms with Crippen LogP contribution < -0.4 is 16.6 Å². The molecule has 1 amide bonds. The highest BCUT2D eigenvalue weighted by Gasteiger charge is 2.15. The first-order valence-electron chi connectivity index (χ1n) is 10.8. The van der Waals surface area contributed by atoms with Crippen LogP contribution in [-0.2, 0) is 31.0 Å². The maximum absolute atomic E-state index is 12.8. The Hall–Kier alpha value is -3.19. The van der Waals surface area contributed by atoms with Crippen molar-refractivity contribution in [2.45, 2.75) is 47.0 Å². The molecule has 0 spiro atoms. The van der Waals surface area contributed by atoms with Gasteiger partial charge in [0, 0.05) is 19.6 Å². The second kappa shape index (κ2) is 10.2. The van der Waals surface area contributed by atoms with Crippen LogP contribution in [0.4, 0.5) is 0 Å². The third-order valence-corrected chi connectivity index (χ3v) is 5.63. The summed E-state index contributed by atoms with van der Waals surface area (Å²) in [5.74, 6) is -0.272. The van der Waals surface area contributed by atoms with Crippen molar-refractivity contribution < 1.29 is 4.79 Å². The molecule has 1 N–H and O–H groups in total. The van der Waals surface area contributed by atoms with E-state index in [1.165, 1.54) is 10.1 Å². The van der Waals surface area contributed by atoms with Gasteiger partial charge >= 0.3 is 5.69 Å². The number of hydrogen-bond donors (Lipinski definition) is 1. The minimum Gasteiger partial charge on any atom is -0.350 e. The lowest BCUT2D eigenvalue weighted by atomic mass is 10.1. The third kappa shape index (κ3) is 4.94. The Morgan fingerprint density at radius 1 is 0.903 bits per heavy atom. The maximum atomic E-state index is 12.8. The van der Waals surface area contributed by atoms with Gasteiger partial charge in [0.25, 0.3) is 5.56 Å². The molecule has 0 atom stereocenters. The molecule has 1 heterocycles. The topological polar surface area (TPSA) is 76.3 Å². The van der Waals surface area contributed by atoms with Gasteiger partial charge in [-0.05, 0) is 43.3 Å². The largest absolute Gasteiger partial charge is 0.350 e. The molecule has 0 bridgehead atoms. The summed E-state index contributed by atoms with van der Waals surface area (Å²) < 4.78 is 2.53. The van der Waals surface area contributed by atoms with Crippen molar-refractivity contribution in [2.24, 2.45) is 0 Å². The zero-order valence-electron chi connectivity index (χ0n) is 18.4. The van der Waals surface area contributed by atoms with E-state index in [9.17, 15) is 14.4 Å². The predicted molar refractivity (Wildman–Crippen MR) is 123 cm³/mol. The lowest BCUT2D eigenvalue weighted by Gasteiger charge is -2.20. The number of para-hydroxylation sites is 1. The number of carbonyl (C=O) groups is 1. The van der Waals surface area contributed by atoms with E-state index in [1.807, 2.05) is 18.2 Å². The first-order valence-corrected chi connectivity index (χ1v) is 10.8. The summed E-state index contributed by atoms with van der Waals surface area (Å²) in [4.78, 5) is 40.4. The molecule has 3 rings (SSSR count). The molecule has 0 aliphatic rings. The number of aromatic nitrogens is 2. The first-order chi connectivity index (χ1) is 15.0. The van der Waals surface area contributed by atoms with Crippen LogP contribution in [0.2, 0.25) is 0 Å². The molecule has 7 heteroatoms. The monoisotopic (exact) mass is 422 g/mol. The van der Waals surface area contributed by atoms with Gasteiger partial charge in [0.05, 0.1) is 10.9 Å². The van der Waals surface area contributed by atoms with Crippen LogP contribution >= 0.6 is 0 Å². The summed E-state index contributed by atoms with van der Waals surface area (Å²) in [5, 5.41) is 3.37. The van der Waals surface area contributed by atoms with E-state index in [1.54, 1.807) is 31.2 Å². The number of carbonyl (C=O) groups excluding carboxylic acids is 1. The molecule has 2 aromatic carbocycles. The normalized spacial score (nSPS) is 11.2. The summed E-state index contributed by atoms with van der Waals surface area (Å²) >= 11 is 0. The first kappa shape index (κ1) is 22.5. The number of nitrogens with one attached hydrogen (secondary N) is 1.